The summed E-state index contributed by atoms with van der Waals surface area (Å²) in [5.74, 6) is 0.976. The average molecular weight is 192 g/mol. The molecule has 78 valence electrons. The summed E-state index contributed by atoms with van der Waals surface area (Å²) >= 11 is 0. The molecular formula is C12H20N2. The van der Waals surface area contributed by atoms with Gasteiger partial charge in [0.05, 0.1) is 5.82 Å². The molecule has 0 aliphatic carbocycles. The normalized spacial score (nSPS) is 11.3. The fourth-order valence-electron chi connectivity index (χ4n) is 0.938. The molecule has 0 aromatic carbocycles. The van der Waals surface area contributed by atoms with Gasteiger partial charge in [-0.3, -0.25) is 0 Å². The van der Waals surface area contributed by atoms with Crippen LogP contribution in [0.2, 0.25) is 0 Å². The highest BCUT2D eigenvalue weighted by Crippen LogP contribution is 2.09. The van der Waals surface area contributed by atoms with E-state index in [0.29, 0.717) is 0 Å². The Hall–Kier alpha value is -1.44. The van der Waals surface area contributed by atoms with E-state index in [1.807, 2.05) is 52.2 Å². The molecule has 0 unspecified atom stereocenters. The zero-order valence-electron chi connectivity index (χ0n) is 9.52. The van der Waals surface area contributed by atoms with Crippen LogP contribution >= 0.6 is 0 Å². The van der Waals surface area contributed by atoms with Gasteiger partial charge >= 0.3 is 0 Å². The molecule has 14 heavy (non-hydrogen) atoms. The van der Waals surface area contributed by atoms with Crippen molar-refractivity contribution in [3.8, 4) is 0 Å². The van der Waals surface area contributed by atoms with Crippen molar-refractivity contribution in [2.24, 2.45) is 0 Å². The average Bonchev–Trinajstić information content (AvgIpc) is 2.18. The molecular weight excluding hydrogens is 172 g/mol. The zero-order valence-corrected chi connectivity index (χ0v) is 9.52. The summed E-state index contributed by atoms with van der Waals surface area (Å²) in [7, 11) is 3.77. The van der Waals surface area contributed by atoms with Crippen molar-refractivity contribution in [3.63, 3.8) is 0 Å². The van der Waals surface area contributed by atoms with Crippen LogP contribution in [-0.4, -0.2) is 14.1 Å². The van der Waals surface area contributed by atoms with Crippen molar-refractivity contribution in [2.75, 3.05) is 14.1 Å². The lowest BCUT2D eigenvalue weighted by atomic mass is 10.1. The fraction of sp³-hybridized carbons (Fsp3) is 0.333. The fourth-order valence-corrected chi connectivity index (χ4v) is 0.938. The van der Waals surface area contributed by atoms with Crippen LogP contribution < -0.4 is 10.6 Å². The highest BCUT2D eigenvalue weighted by Gasteiger charge is 1.95. The SMILES string of the molecule is C=C(C)/C(C=C(NC)NC)=C\C=C/C. The van der Waals surface area contributed by atoms with Crippen molar-refractivity contribution in [2.45, 2.75) is 13.8 Å². The second-order valence-electron chi connectivity index (χ2n) is 2.99. The van der Waals surface area contributed by atoms with Crippen LogP contribution in [0.15, 0.2) is 47.9 Å². The Labute approximate surface area is 87.1 Å². The first-order valence-electron chi connectivity index (χ1n) is 4.71. The summed E-state index contributed by atoms with van der Waals surface area (Å²) in [6, 6.07) is 0. The molecule has 0 saturated carbocycles. The van der Waals surface area contributed by atoms with Gasteiger partial charge in [0.1, 0.15) is 0 Å². The Morgan fingerprint density at radius 1 is 1.21 bits per heavy atom. The minimum Gasteiger partial charge on any atom is -0.375 e. The van der Waals surface area contributed by atoms with E-state index >= 15 is 0 Å². The number of rotatable bonds is 5. The molecule has 0 aliphatic rings. The number of hydrogen-bond acceptors (Lipinski definition) is 2. The van der Waals surface area contributed by atoms with Crippen molar-refractivity contribution in [3.05, 3.63) is 47.9 Å². The standard InChI is InChI=1S/C12H20N2/c1-6-7-8-11(10(2)3)9-12(13-4)14-5/h6-9,13-14H,2H2,1,3-5H3/b7-6-,11-8-. The third-order valence-corrected chi connectivity index (χ3v) is 1.80. The first kappa shape index (κ1) is 12.6. The molecule has 2 heteroatoms. The van der Waals surface area contributed by atoms with Crippen molar-refractivity contribution in [1.82, 2.24) is 10.6 Å². The first-order chi connectivity index (χ1) is 6.65. The van der Waals surface area contributed by atoms with Crippen molar-refractivity contribution >= 4 is 0 Å². The molecule has 2 nitrogen and oxygen atoms in total. The maximum Gasteiger partial charge on any atom is 0.0987 e. The highest BCUT2D eigenvalue weighted by atomic mass is 15.0. The van der Waals surface area contributed by atoms with Crippen molar-refractivity contribution < 1.29 is 0 Å². The summed E-state index contributed by atoms with van der Waals surface area (Å²) in [5.41, 5.74) is 2.16. The van der Waals surface area contributed by atoms with Gasteiger partial charge in [-0.15, -0.1) is 0 Å². The van der Waals surface area contributed by atoms with Crippen molar-refractivity contribution in [1.29, 1.82) is 0 Å². The van der Waals surface area contributed by atoms with Crippen LogP contribution in [0.1, 0.15) is 13.8 Å². The van der Waals surface area contributed by atoms with Crippen LogP contribution in [0.5, 0.6) is 0 Å². The third-order valence-electron chi connectivity index (χ3n) is 1.80. The van der Waals surface area contributed by atoms with Gasteiger partial charge in [-0.1, -0.05) is 30.4 Å². The zero-order chi connectivity index (χ0) is 11.0. The van der Waals surface area contributed by atoms with E-state index in [2.05, 4.69) is 17.2 Å². The van der Waals surface area contributed by atoms with Gasteiger partial charge in [0.25, 0.3) is 0 Å². The van der Waals surface area contributed by atoms with Crippen LogP contribution in [-0.2, 0) is 0 Å². The number of nitrogens with one attached hydrogen (secondary N) is 2. The van der Waals surface area contributed by atoms with E-state index in [1.165, 1.54) is 0 Å². The summed E-state index contributed by atoms with van der Waals surface area (Å²) in [6.07, 6.45) is 8.07. The lowest BCUT2D eigenvalue weighted by Crippen LogP contribution is -2.19. The molecule has 0 heterocycles. The van der Waals surface area contributed by atoms with E-state index in [9.17, 15) is 0 Å². The van der Waals surface area contributed by atoms with E-state index in [-0.39, 0.29) is 0 Å². The molecule has 0 saturated heterocycles. The molecule has 0 fully saturated rings. The predicted molar refractivity (Wildman–Crippen MR) is 63.9 cm³/mol. The summed E-state index contributed by atoms with van der Waals surface area (Å²) in [6.45, 7) is 7.92. The van der Waals surface area contributed by atoms with E-state index in [4.69, 9.17) is 0 Å². The maximum absolute atomic E-state index is 3.93. The molecule has 0 spiro atoms. The van der Waals surface area contributed by atoms with Gasteiger partial charge in [-0.25, -0.2) is 0 Å². The second kappa shape index (κ2) is 7.01. The van der Waals surface area contributed by atoms with E-state index < -0.39 is 0 Å². The lowest BCUT2D eigenvalue weighted by Gasteiger charge is -2.07. The molecule has 2 N–H and O–H groups in total. The largest absolute Gasteiger partial charge is 0.375 e. The van der Waals surface area contributed by atoms with Gasteiger partial charge in [-0.05, 0) is 25.5 Å². The lowest BCUT2D eigenvalue weighted by molar-refractivity contribution is 0.835. The summed E-state index contributed by atoms with van der Waals surface area (Å²) in [4.78, 5) is 0. The van der Waals surface area contributed by atoms with Gasteiger partial charge in [0, 0.05) is 14.1 Å². The Morgan fingerprint density at radius 3 is 2.14 bits per heavy atom. The predicted octanol–water partition coefficient (Wildman–Crippen LogP) is 2.35. The topological polar surface area (TPSA) is 24.1 Å². The Morgan fingerprint density at radius 2 is 1.79 bits per heavy atom. The second-order valence-corrected chi connectivity index (χ2v) is 2.99. The molecule has 0 bridgehead atoms. The monoisotopic (exact) mass is 192 g/mol. The van der Waals surface area contributed by atoms with E-state index in [0.717, 1.165) is 17.0 Å². The van der Waals surface area contributed by atoms with Gasteiger partial charge in [0.2, 0.25) is 0 Å². The summed E-state index contributed by atoms with van der Waals surface area (Å²) < 4.78 is 0. The first-order valence-corrected chi connectivity index (χ1v) is 4.71. The molecule has 0 radical (unpaired) electrons. The quantitative estimate of drug-likeness (QED) is 0.653. The molecule has 0 aliphatic heterocycles. The molecule has 0 aromatic heterocycles. The van der Waals surface area contributed by atoms with Gasteiger partial charge in [-0.2, -0.15) is 0 Å². The Balaban J connectivity index is 4.84. The minimum atomic E-state index is 0.976. The number of allylic oxidation sites excluding steroid dienone is 6. The van der Waals surface area contributed by atoms with Gasteiger partial charge in [0.15, 0.2) is 0 Å². The van der Waals surface area contributed by atoms with Gasteiger partial charge < -0.3 is 10.6 Å². The number of hydrogen-bond donors (Lipinski definition) is 2. The van der Waals surface area contributed by atoms with Crippen LogP contribution in [0.4, 0.5) is 0 Å². The smallest absolute Gasteiger partial charge is 0.0987 e. The molecule has 0 rings (SSSR count). The minimum absolute atomic E-state index is 0.976. The Kier molecular flexibility index (Phi) is 6.29. The summed E-state index contributed by atoms with van der Waals surface area (Å²) in [5, 5.41) is 6.11. The maximum atomic E-state index is 3.93. The highest BCUT2D eigenvalue weighted by molar-refractivity contribution is 5.40. The Bertz CT molecular complexity index is 264. The van der Waals surface area contributed by atoms with E-state index in [1.54, 1.807) is 0 Å². The van der Waals surface area contributed by atoms with Crippen LogP contribution in [0.3, 0.4) is 0 Å². The molecule has 0 aromatic rings. The molecule has 0 amide bonds. The molecule has 0 atom stereocenters. The third kappa shape index (κ3) is 4.55. The van der Waals surface area contributed by atoms with Crippen LogP contribution in [0, 0.1) is 0 Å². The van der Waals surface area contributed by atoms with Crippen LogP contribution in [0.25, 0.3) is 0 Å².